The monoisotopic (exact) mass is 352 g/mol. The largest absolute Gasteiger partial charge is 0.378 e. The first-order chi connectivity index (χ1) is 9.84. The smallest absolute Gasteiger partial charge is 0.322 e. The second-order valence-corrected chi connectivity index (χ2v) is 8.60. The molecule has 1 fully saturated rings. The molecule has 6 nitrogen and oxygen atoms in total. The van der Waals surface area contributed by atoms with Crippen molar-refractivity contribution >= 4 is 43.8 Å². The molecule has 0 unspecified atom stereocenters. The van der Waals surface area contributed by atoms with Gasteiger partial charge in [-0.2, -0.15) is 0 Å². The molecule has 9 heteroatoms. The van der Waals surface area contributed by atoms with E-state index in [-0.39, 0.29) is 15.9 Å². The highest BCUT2D eigenvalue weighted by atomic mass is 35.5. The number of nitrogens with one attached hydrogen (secondary N) is 1. The molecule has 1 aliphatic heterocycles. The number of amides is 2. The summed E-state index contributed by atoms with van der Waals surface area (Å²) in [6, 6.07) is -0.296. The molecule has 0 spiro atoms. The Hall–Kier alpha value is -0.830. The maximum absolute atomic E-state index is 12.1. The molecule has 2 heterocycles. The third-order valence-corrected chi connectivity index (χ3v) is 6.98. The first-order valence-corrected chi connectivity index (χ1v) is 9.29. The summed E-state index contributed by atoms with van der Waals surface area (Å²) in [4.78, 5) is 13.7. The Morgan fingerprint density at radius 2 is 2.05 bits per heavy atom. The van der Waals surface area contributed by atoms with Crippen LogP contribution in [0.4, 0.5) is 9.80 Å². The number of halogens is 1. The Labute approximate surface area is 132 Å². The average Bonchev–Trinajstić information content (AvgIpc) is 2.81. The van der Waals surface area contributed by atoms with Crippen LogP contribution in [0, 0.1) is 0 Å². The summed E-state index contributed by atoms with van der Waals surface area (Å²) in [7, 11) is -3.45. The van der Waals surface area contributed by atoms with Gasteiger partial charge in [-0.15, -0.1) is 11.3 Å². The molecular weight excluding hydrogens is 336 g/mol. The molecule has 1 aliphatic rings. The summed E-state index contributed by atoms with van der Waals surface area (Å²) in [6.07, 6.45) is 0. The first kappa shape index (κ1) is 16.5. The van der Waals surface area contributed by atoms with Gasteiger partial charge >= 0.3 is 6.03 Å². The number of hydrogen-bond acceptors (Lipinski definition) is 5. The minimum Gasteiger partial charge on any atom is -0.378 e. The van der Waals surface area contributed by atoms with Gasteiger partial charge in [0.1, 0.15) is 5.00 Å². The normalized spacial score (nSPS) is 16.3. The fourth-order valence-corrected chi connectivity index (χ4v) is 4.73. The van der Waals surface area contributed by atoms with Crippen LogP contribution in [0.25, 0.3) is 0 Å². The van der Waals surface area contributed by atoms with Crippen molar-refractivity contribution in [2.45, 2.75) is 24.0 Å². The van der Waals surface area contributed by atoms with E-state index in [4.69, 9.17) is 16.3 Å². The molecule has 2 amide bonds. The molecule has 0 radical (unpaired) electrons. The lowest BCUT2D eigenvalue weighted by molar-refractivity contribution is 0.0565. The third kappa shape index (κ3) is 3.50. The number of morpholine rings is 1. The highest BCUT2D eigenvalue weighted by Crippen LogP contribution is 2.37. The highest BCUT2D eigenvalue weighted by Gasteiger charge is 2.27. The van der Waals surface area contributed by atoms with Crippen molar-refractivity contribution in [1.29, 1.82) is 0 Å². The van der Waals surface area contributed by atoms with Crippen LogP contribution >= 0.6 is 22.9 Å². The molecule has 1 aromatic heterocycles. The molecular formula is C12H17ClN2O4S2. The molecule has 0 atom stereocenters. The quantitative estimate of drug-likeness (QED) is 0.906. The van der Waals surface area contributed by atoms with E-state index in [0.29, 0.717) is 31.3 Å². The molecule has 1 saturated heterocycles. The summed E-state index contributed by atoms with van der Waals surface area (Å²) in [6.45, 7) is 5.19. The van der Waals surface area contributed by atoms with Crippen LogP contribution < -0.4 is 5.32 Å². The number of nitrogens with zero attached hydrogens (tertiary/aromatic N) is 1. The van der Waals surface area contributed by atoms with E-state index in [1.807, 2.05) is 0 Å². The molecule has 0 saturated carbocycles. The van der Waals surface area contributed by atoms with Crippen molar-refractivity contribution in [1.82, 2.24) is 4.90 Å². The third-order valence-electron chi connectivity index (χ3n) is 3.15. The van der Waals surface area contributed by atoms with E-state index in [1.54, 1.807) is 18.7 Å². The van der Waals surface area contributed by atoms with Crippen LogP contribution in [0.5, 0.6) is 0 Å². The zero-order valence-electron chi connectivity index (χ0n) is 11.8. The average molecular weight is 353 g/mol. The van der Waals surface area contributed by atoms with Gasteiger partial charge in [-0.05, 0) is 13.8 Å². The molecule has 0 aliphatic carbocycles. The first-order valence-electron chi connectivity index (χ1n) is 6.48. The Morgan fingerprint density at radius 3 is 2.62 bits per heavy atom. The standard InChI is InChI=1S/C12H17ClN2O4S2/c1-8(2)21(17,18)9-7-20-11(10(9)13)14-12(16)15-3-5-19-6-4-15/h7-8H,3-6H2,1-2H3,(H,14,16). The fourth-order valence-electron chi connectivity index (χ4n) is 1.80. The van der Waals surface area contributed by atoms with Gasteiger partial charge in [0.25, 0.3) is 0 Å². The summed E-state index contributed by atoms with van der Waals surface area (Å²) < 4.78 is 29.4. The highest BCUT2D eigenvalue weighted by molar-refractivity contribution is 7.92. The lowest BCUT2D eigenvalue weighted by Crippen LogP contribution is -2.42. The lowest BCUT2D eigenvalue weighted by atomic mass is 10.4. The van der Waals surface area contributed by atoms with Gasteiger partial charge in [-0.25, -0.2) is 13.2 Å². The number of anilines is 1. The molecule has 21 heavy (non-hydrogen) atoms. The van der Waals surface area contributed by atoms with Gasteiger partial charge < -0.3 is 9.64 Å². The van der Waals surface area contributed by atoms with Gasteiger partial charge in [-0.1, -0.05) is 11.6 Å². The van der Waals surface area contributed by atoms with Gasteiger partial charge in [0.15, 0.2) is 9.84 Å². The number of sulfone groups is 1. The maximum Gasteiger partial charge on any atom is 0.322 e. The number of carbonyl (C=O) groups is 1. The van der Waals surface area contributed by atoms with Crippen LogP contribution in [0.3, 0.4) is 0 Å². The van der Waals surface area contributed by atoms with Crippen molar-refractivity contribution < 1.29 is 17.9 Å². The predicted molar refractivity (Wildman–Crippen MR) is 83.1 cm³/mol. The van der Waals surface area contributed by atoms with Gasteiger partial charge in [0, 0.05) is 18.5 Å². The number of rotatable bonds is 3. The van der Waals surface area contributed by atoms with E-state index < -0.39 is 15.1 Å². The van der Waals surface area contributed by atoms with E-state index >= 15 is 0 Å². The number of thiophene rings is 1. The fraction of sp³-hybridized carbons (Fsp3) is 0.583. The molecule has 1 N–H and O–H groups in total. The van der Waals surface area contributed by atoms with Crippen molar-refractivity contribution in [2.75, 3.05) is 31.6 Å². The Kier molecular flexibility index (Phi) is 5.13. The topological polar surface area (TPSA) is 75.7 Å². The number of carbonyl (C=O) groups excluding carboxylic acids is 1. The summed E-state index contributed by atoms with van der Waals surface area (Å²) in [5.74, 6) is 0. The zero-order chi connectivity index (χ0) is 15.6. The van der Waals surface area contributed by atoms with Crippen LogP contribution in [-0.4, -0.2) is 50.9 Å². The van der Waals surface area contributed by atoms with E-state index in [0.717, 1.165) is 11.3 Å². The van der Waals surface area contributed by atoms with Crippen LogP contribution in [0.2, 0.25) is 5.02 Å². The summed E-state index contributed by atoms with van der Waals surface area (Å²) in [5.41, 5.74) is 0. The van der Waals surface area contributed by atoms with Crippen molar-refractivity contribution in [3.05, 3.63) is 10.4 Å². The van der Waals surface area contributed by atoms with Crippen molar-refractivity contribution in [3.63, 3.8) is 0 Å². The van der Waals surface area contributed by atoms with Crippen molar-refractivity contribution in [2.24, 2.45) is 0 Å². The van der Waals surface area contributed by atoms with Gasteiger partial charge in [-0.3, -0.25) is 5.32 Å². The molecule has 1 aromatic rings. The minimum atomic E-state index is -3.45. The zero-order valence-corrected chi connectivity index (χ0v) is 14.1. The minimum absolute atomic E-state index is 0.0708. The number of urea groups is 1. The summed E-state index contributed by atoms with van der Waals surface area (Å²) >= 11 is 7.22. The molecule has 2 rings (SSSR count). The lowest BCUT2D eigenvalue weighted by Gasteiger charge is -2.26. The molecule has 0 bridgehead atoms. The van der Waals surface area contributed by atoms with E-state index in [1.165, 1.54) is 5.38 Å². The Morgan fingerprint density at radius 1 is 1.43 bits per heavy atom. The van der Waals surface area contributed by atoms with Crippen LogP contribution in [0.15, 0.2) is 10.3 Å². The predicted octanol–water partition coefficient (Wildman–Crippen LogP) is 2.45. The second-order valence-electron chi connectivity index (χ2n) is 4.87. The Bertz CT molecular complexity index is 621. The molecule has 118 valence electrons. The van der Waals surface area contributed by atoms with Gasteiger partial charge in [0.2, 0.25) is 0 Å². The number of ether oxygens (including phenoxy) is 1. The second kappa shape index (κ2) is 6.51. The summed E-state index contributed by atoms with van der Waals surface area (Å²) in [5, 5.41) is 4.00. The number of hydrogen-bond donors (Lipinski definition) is 1. The van der Waals surface area contributed by atoms with E-state index in [9.17, 15) is 13.2 Å². The van der Waals surface area contributed by atoms with E-state index in [2.05, 4.69) is 5.32 Å². The van der Waals surface area contributed by atoms with Crippen molar-refractivity contribution in [3.8, 4) is 0 Å². The SMILES string of the molecule is CC(C)S(=O)(=O)c1csc(NC(=O)N2CCOCC2)c1Cl. The Balaban J connectivity index is 2.15. The van der Waals surface area contributed by atoms with Crippen LogP contribution in [-0.2, 0) is 14.6 Å². The van der Waals surface area contributed by atoms with Crippen LogP contribution in [0.1, 0.15) is 13.8 Å². The maximum atomic E-state index is 12.1. The van der Waals surface area contributed by atoms with Gasteiger partial charge in [0.05, 0.1) is 28.4 Å². The molecule has 0 aromatic carbocycles.